The summed E-state index contributed by atoms with van der Waals surface area (Å²) in [4.78, 5) is 23.0. The molecule has 1 aliphatic carbocycles. The fraction of sp³-hybridized carbons (Fsp3) is 0.385. The van der Waals surface area contributed by atoms with Crippen LogP contribution in [0, 0.1) is 6.92 Å². The molecule has 0 atom stereocenters. The Balaban J connectivity index is 1.78. The molecule has 0 heterocycles. The zero-order valence-corrected chi connectivity index (χ0v) is 12.2. The van der Waals surface area contributed by atoms with Gasteiger partial charge in [-0.15, -0.1) is 0 Å². The molecule has 1 aliphatic rings. The van der Waals surface area contributed by atoms with Crippen LogP contribution in [0.25, 0.3) is 0 Å². The smallest absolute Gasteiger partial charge is 0.315 e. The highest BCUT2D eigenvalue weighted by Gasteiger charge is 2.23. The number of halogens is 1. The number of aryl methyl sites for hydroxylation is 1. The third-order valence-electron chi connectivity index (χ3n) is 2.72. The molecule has 1 saturated carbocycles. The maximum absolute atomic E-state index is 11.7. The summed E-state index contributed by atoms with van der Waals surface area (Å²) in [5.41, 5.74) is 1.80. The Morgan fingerprint density at radius 3 is 2.74 bits per heavy atom. The van der Waals surface area contributed by atoms with Crippen molar-refractivity contribution in [2.75, 3.05) is 11.9 Å². The van der Waals surface area contributed by atoms with Crippen LogP contribution in [0.5, 0.6) is 0 Å². The fourth-order valence-electron chi connectivity index (χ4n) is 1.54. The Kier molecular flexibility index (Phi) is 4.42. The van der Waals surface area contributed by atoms with Gasteiger partial charge in [-0.1, -0.05) is 6.07 Å². The Morgan fingerprint density at radius 1 is 1.37 bits per heavy atom. The highest BCUT2D eigenvalue weighted by molar-refractivity contribution is 9.10. The highest BCUT2D eigenvalue weighted by Crippen LogP contribution is 2.23. The molecule has 0 saturated heterocycles. The number of hydrogen-bond acceptors (Lipinski definition) is 2. The van der Waals surface area contributed by atoms with Crippen LogP contribution in [0.15, 0.2) is 22.7 Å². The molecule has 0 aliphatic heterocycles. The quantitative estimate of drug-likeness (QED) is 0.793. The number of hydrogen-bond donors (Lipinski definition) is 3. The van der Waals surface area contributed by atoms with Gasteiger partial charge in [-0.25, -0.2) is 4.79 Å². The first-order valence-corrected chi connectivity index (χ1v) is 6.94. The SMILES string of the molecule is Cc1ccc(NC(=O)CNC(=O)NC2CC2)c(Br)c1. The second-order valence-corrected chi connectivity index (χ2v) is 5.49. The lowest BCUT2D eigenvalue weighted by molar-refractivity contribution is -0.115. The molecule has 0 unspecified atom stereocenters. The molecule has 5 nitrogen and oxygen atoms in total. The van der Waals surface area contributed by atoms with Gasteiger partial charge in [0.05, 0.1) is 12.2 Å². The largest absolute Gasteiger partial charge is 0.335 e. The van der Waals surface area contributed by atoms with E-state index in [-0.39, 0.29) is 24.5 Å². The number of carbonyl (C=O) groups excluding carboxylic acids is 2. The van der Waals surface area contributed by atoms with E-state index in [9.17, 15) is 9.59 Å². The van der Waals surface area contributed by atoms with Gasteiger partial charge in [0, 0.05) is 10.5 Å². The van der Waals surface area contributed by atoms with E-state index in [1.54, 1.807) is 0 Å². The summed E-state index contributed by atoms with van der Waals surface area (Å²) in [6, 6.07) is 5.65. The van der Waals surface area contributed by atoms with Crippen LogP contribution < -0.4 is 16.0 Å². The lowest BCUT2D eigenvalue weighted by atomic mass is 10.2. The van der Waals surface area contributed by atoms with E-state index in [0.29, 0.717) is 5.69 Å². The average molecular weight is 326 g/mol. The monoisotopic (exact) mass is 325 g/mol. The molecule has 0 spiro atoms. The van der Waals surface area contributed by atoms with Crippen LogP contribution in [0.4, 0.5) is 10.5 Å². The Labute approximate surface area is 120 Å². The van der Waals surface area contributed by atoms with Crippen LogP contribution in [-0.4, -0.2) is 24.5 Å². The van der Waals surface area contributed by atoms with Crippen molar-refractivity contribution in [1.82, 2.24) is 10.6 Å². The van der Waals surface area contributed by atoms with Crippen molar-refractivity contribution in [2.24, 2.45) is 0 Å². The highest BCUT2D eigenvalue weighted by atomic mass is 79.9. The van der Waals surface area contributed by atoms with Gasteiger partial charge in [-0.2, -0.15) is 0 Å². The molecule has 3 N–H and O–H groups in total. The summed E-state index contributed by atoms with van der Waals surface area (Å²) in [6.45, 7) is 1.93. The van der Waals surface area contributed by atoms with Gasteiger partial charge in [0.1, 0.15) is 0 Å². The Morgan fingerprint density at radius 2 is 2.11 bits per heavy atom. The van der Waals surface area contributed by atoms with Crippen molar-refractivity contribution in [3.63, 3.8) is 0 Å². The first kappa shape index (κ1) is 13.9. The van der Waals surface area contributed by atoms with Crippen LogP contribution in [0.2, 0.25) is 0 Å². The number of rotatable bonds is 4. The average Bonchev–Trinajstić information content (AvgIpc) is 3.14. The third kappa shape index (κ3) is 4.55. The lowest BCUT2D eigenvalue weighted by Gasteiger charge is -2.09. The van der Waals surface area contributed by atoms with E-state index in [2.05, 4.69) is 31.9 Å². The number of amides is 3. The zero-order valence-electron chi connectivity index (χ0n) is 10.6. The first-order chi connectivity index (χ1) is 9.04. The normalized spacial score (nSPS) is 13.8. The zero-order chi connectivity index (χ0) is 13.8. The second-order valence-electron chi connectivity index (χ2n) is 4.63. The van der Waals surface area contributed by atoms with Gasteiger partial charge in [0.2, 0.25) is 5.91 Å². The molecular weight excluding hydrogens is 310 g/mol. The van der Waals surface area contributed by atoms with Crippen LogP contribution in [0.1, 0.15) is 18.4 Å². The topological polar surface area (TPSA) is 70.2 Å². The molecule has 6 heteroatoms. The number of anilines is 1. The van der Waals surface area contributed by atoms with Gasteiger partial charge >= 0.3 is 6.03 Å². The van der Waals surface area contributed by atoms with Crippen molar-refractivity contribution in [1.29, 1.82) is 0 Å². The van der Waals surface area contributed by atoms with Gasteiger partial charge in [-0.05, 0) is 53.4 Å². The summed E-state index contributed by atoms with van der Waals surface area (Å²) >= 11 is 3.38. The molecule has 0 bridgehead atoms. The van der Waals surface area contributed by atoms with E-state index in [4.69, 9.17) is 0 Å². The van der Waals surface area contributed by atoms with E-state index in [1.165, 1.54) is 0 Å². The predicted molar refractivity (Wildman–Crippen MR) is 77.1 cm³/mol. The van der Waals surface area contributed by atoms with Crippen molar-refractivity contribution in [3.8, 4) is 0 Å². The molecule has 0 radical (unpaired) electrons. The molecule has 0 aromatic heterocycles. The maximum atomic E-state index is 11.7. The van der Waals surface area contributed by atoms with Crippen molar-refractivity contribution in [3.05, 3.63) is 28.2 Å². The maximum Gasteiger partial charge on any atom is 0.315 e. The van der Waals surface area contributed by atoms with Crippen LogP contribution in [0.3, 0.4) is 0 Å². The summed E-state index contributed by atoms with van der Waals surface area (Å²) in [5, 5.41) is 8.01. The molecule has 3 amide bonds. The van der Waals surface area contributed by atoms with E-state index in [0.717, 1.165) is 22.9 Å². The molecular formula is C13H16BrN3O2. The van der Waals surface area contributed by atoms with Crippen molar-refractivity contribution in [2.45, 2.75) is 25.8 Å². The second kappa shape index (κ2) is 6.06. The number of carbonyl (C=O) groups is 2. The fourth-order valence-corrected chi connectivity index (χ4v) is 2.13. The molecule has 1 aromatic rings. The summed E-state index contributed by atoms with van der Waals surface area (Å²) in [6.07, 6.45) is 2.05. The minimum absolute atomic E-state index is 0.0428. The van der Waals surface area contributed by atoms with E-state index >= 15 is 0 Å². The molecule has 19 heavy (non-hydrogen) atoms. The summed E-state index contributed by atoms with van der Waals surface area (Å²) in [7, 11) is 0. The predicted octanol–water partition coefficient (Wildman–Crippen LogP) is 2.16. The van der Waals surface area contributed by atoms with Gasteiger partial charge in [0.25, 0.3) is 0 Å². The van der Waals surface area contributed by atoms with Gasteiger partial charge in [-0.3, -0.25) is 4.79 Å². The minimum Gasteiger partial charge on any atom is -0.335 e. The summed E-state index contributed by atoms with van der Waals surface area (Å²) < 4.78 is 0.822. The number of benzene rings is 1. The summed E-state index contributed by atoms with van der Waals surface area (Å²) in [5.74, 6) is -0.254. The standard InChI is InChI=1S/C13H16BrN3O2/c1-8-2-5-11(10(14)6-8)17-12(18)7-15-13(19)16-9-3-4-9/h2,5-6,9H,3-4,7H2,1H3,(H,17,18)(H2,15,16,19). The minimum atomic E-state index is -0.291. The number of nitrogens with one attached hydrogen (secondary N) is 3. The first-order valence-electron chi connectivity index (χ1n) is 6.15. The van der Waals surface area contributed by atoms with Gasteiger partial charge < -0.3 is 16.0 Å². The van der Waals surface area contributed by atoms with E-state index < -0.39 is 0 Å². The third-order valence-corrected chi connectivity index (χ3v) is 3.38. The molecule has 102 valence electrons. The van der Waals surface area contributed by atoms with E-state index in [1.807, 2.05) is 25.1 Å². The lowest BCUT2D eigenvalue weighted by Crippen LogP contribution is -2.40. The van der Waals surface area contributed by atoms with Crippen LogP contribution >= 0.6 is 15.9 Å². The van der Waals surface area contributed by atoms with Crippen LogP contribution in [-0.2, 0) is 4.79 Å². The van der Waals surface area contributed by atoms with Gasteiger partial charge in [0.15, 0.2) is 0 Å². The Bertz CT molecular complexity index is 501. The Hall–Kier alpha value is -1.56. The van der Waals surface area contributed by atoms with Crippen molar-refractivity contribution < 1.29 is 9.59 Å². The number of urea groups is 1. The molecule has 1 aromatic carbocycles. The molecule has 2 rings (SSSR count). The molecule has 1 fully saturated rings. The van der Waals surface area contributed by atoms with Crippen molar-refractivity contribution >= 4 is 33.6 Å².